The third kappa shape index (κ3) is 8.00. The van der Waals surface area contributed by atoms with E-state index in [2.05, 4.69) is 41.5 Å². The minimum atomic E-state index is -0.833. The maximum absolute atomic E-state index is 12.0. The number of fused-ring (bicyclic) bond motifs is 4. The largest absolute Gasteiger partial charge is 0.481 e. The number of unbranched alkanes of at least 4 members (excludes halogenated alkanes) is 1. The van der Waals surface area contributed by atoms with Crippen molar-refractivity contribution in [2.75, 3.05) is 12.4 Å². The second-order valence-electron chi connectivity index (χ2n) is 13.9. The van der Waals surface area contributed by atoms with Gasteiger partial charge >= 0.3 is 17.9 Å². The Hall–Kier alpha value is -2.28. The van der Waals surface area contributed by atoms with Crippen LogP contribution < -0.4 is 0 Å². The topological polar surface area (TPSA) is 140 Å². The van der Waals surface area contributed by atoms with Crippen molar-refractivity contribution < 1.29 is 38.5 Å². The smallest absolute Gasteiger partial charge is 0.317 e. The molecular weight excluding hydrogens is 558 g/mol. The van der Waals surface area contributed by atoms with Crippen LogP contribution in [0.15, 0.2) is 0 Å². The number of carboxylic acid groups (broad SMARTS) is 1. The van der Waals surface area contributed by atoms with Gasteiger partial charge in [-0.15, -0.1) is 0 Å². The summed E-state index contributed by atoms with van der Waals surface area (Å²) in [7, 11) is 0. The van der Waals surface area contributed by atoms with Crippen LogP contribution in [0.5, 0.6) is 0 Å². The Morgan fingerprint density at radius 1 is 0.833 bits per heavy atom. The van der Waals surface area contributed by atoms with Gasteiger partial charge in [-0.25, -0.2) is 0 Å². The first-order valence-corrected chi connectivity index (χ1v) is 16.1. The molecule has 4 saturated carbocycles. The fourth-order valence-electron chi connectivity index (χ4n) is 7.71. The quantitative estimate of drug-likeness (QED) is 0.133. The molecule has 0 amide bonds. The molecular formula is C32H51NO8S. The van der Waals surface area contributed by atoms with Gasteiger partial charge in [0.2, 0.25) is 0 Å². The van der Waals surface area contributed by atoms with Crippen molar-refractivity contribution in [2.45, 2.75) is 125 Å². The van der Waals surface area contributed by atoms with Crippen LogP contribution >= 0.6 is 11.8 Å². The van der Waals surface area contributed by atoms with Crippen LogP contribution in [-0.2, 0) is 33.4 Å². The minimum Gasteiger partial charge on any atom is -0.481 e. The zero-order valence-corrected chi connectivity index (χ0v) is 27.6. The van der Waals surface area contributed by atoms with Gasteiger partial charge in [-0.05, 0) is 85.8 Å². The van der Waals surface area contributed by atoms with Crippen LogP contribution in [0.2, 0.25) is 0 Å². The monoisotopic (exact) mass is 609 g/mol. The fraction of sp³-hybridized carbons (Fsp3) is 0.844. The molecule has 0 aromatic heterocycles. The standard InChI is InChI=1S/C17H28O4.C13H19NO2S.C2H4O2/c1-12(18)20-10-6-5-7-15(19)21-14-11-13-8-9-17(14,4)16(13,2)3;1-12(2)9-4-5-13(12,3)10(6-9)16-11(15)7-17-8-14;1-2(3)4/h13-14H,5-11H2,1-4H3;9-10H,4-7H2,1-3H3;1H3,(H,3,4)/t13-,14+,17-;9-,10?,13-;/m11./s1. The van der Waals surface area contributed by atoms with Gasteiger partial charge in [-0.3, -0.25) is 19.2 Å². The lowest BCUT2D eigenvalue weighted by molar-refractivity contribution is -0.157. The molecule has 4 rings (SSSR count). The van der Waals surface area contributed by atoms with E-state index in [1.165, 1.54) is 19.8 Å². The highest BCUT2D eigenvalue weighted by atomic mass is 32.2. The summed E-state index contributed by atoms with van der Waals surface area (Å²) < 4.78 is 16.2. The summed E-state index contributed by atoms with van der Waals surface area (Å²) in [6.45, 7) is 16.6. The summed E-state index contributed by atoms with van der Waals surface area (Å²) in [6, 6.07) is 0. The average Bonchev–Trinajstić information content (AvgIpc) is 3.39. The molecule has 6 atom stereocenters. The van der Waals surface area contributed by atoms with Gasteiger partial charge in [-0.2, -0.15) is 5.26 Å². The van der Waals surface area contributed by atoms with Crippen molar-refractivity contribution in [1.29, 1.82) is 5.26 Å². The number of carbonyl (C=O) groups excluding carboxylic acids is 3. The zero-order chi connectivity index (χ0) is 31.9. The van der Waals surface area contributed by atoms with E-state index in [0.29, 0.717) is 37.7 Å². The van der Waals surface area contributed by atoms with Gasteiger partial charge in [0.1, 0.15) is 23.4 Å². The molecule has 0 radical (unpaired) electrons. The first-order chi connectivity index (χ1) is 19.4. The summed E-state index contributed by atoms with van der Waals surface area (Å²) in [6.07, 6.45) is 8.80. The van der Waals surface area contributed by atoms with E-state index in [1.54, 1.807) is 0 Å². The number of carbonyl (C=O) groups is 4. The molecule has 4 bridgehead atoms. The first kappa shape index (κ1) is 35.9. The molecule has 0 aromatic rings. The lowest BCUT2D eigenvalue weighted by atomic mass is 9.70. The van der Waals surface area contributed by atoms with E-state index >= 15 is 0 Å². The van der Waals surface area contributed by atoms with Crippen molar-refractivity contribution in [1.82, 2.24) is 0 Å². The average molecular weight is 610 g/mol. The second kappa shape index (κ2) is 14.5. The van der Waals surface area contributed by atoms with Gasteiger partial charge in [-0.1, -0.05) is 41.5 Å². The summed E-state index contributed by atoms with van der Waals surface area (Å²) in [5, 5.41) is 17.7. The first-order valence-electron chi connectivity index (χ1n) is 15.1. The second-order valence-corrected chi connectivity index (χ2v) is 14.6. The number of nitriles is 1. The van der Waals surface area contributed by atoms with E-state index in [0.717, 1.165) is 44.4 Å². The molecule has 9 nitrogen and oxygen atoms in total. The van der Waals surface area contributed by atoms with E-state index < -0.39 is 5.97 Å². The van der Waals surface area contributed by atoms with Crippen molar-refractivity contribution in [3.05, 3.63) is 0 Å². The molecule has 4 aliphatic carbocycles. The van der Waals surface area contributed by atoms with Crippen LogP contribution in [0.3, 0.4) is 0 Å². The van der Waals surface area contributed by atoms with Crippen LogP contribution in [-0.4, -0.2) is 53.6 Å². The number of nitrogens with zero attached hydrogens (tertiary/aromatic N) is 1. The number of thioether (sulfide) groups is 1. The zero-order valence-electron chi connectivity index (χ0n) is 26.7. The number of thiocyanates is 1. The normalized spacial score (nSPS) is 32.4. The number of hydrogen-bond donors (Lipinski definition) is 1. The highest BCUT2D eigenvalue weighted by molar-refractivity contribution is 8.04. The van der Waals surface area contributed by atoms with E-state index in [9.17, 15) is 14.4 Å². The van der Waals surface area contributed by atoms with Gasteiger partial charge in [0.25, 0.3) is 5.97 Å². The maximum atomic E-state index is 12.0. The molecule has 0 heterocycles. The molecule has 10 heteroatoms. The molecule has 0 saturated heterocycles. The third-order valence-electron chi connectivity index (χ3n) is 11.3. The van der Waals surface area contributed by atoms with E-state index in [4.69, 9.17) is 29.4 Å². The summed E-state index contributed by atoms with van der Waals surface area (Å²) in [4.78, 5) is 43.2. The Bertz CT molecular complexity index is 1030. The number of rotatable bonds is 9. The Kier molecular flexibility index (Phi) is 12.4. The van der Waals surface area contributed by atoms with Crippen LogP contribution in [0, 0.1) is 44.2 Å². The van der Waals surface area contributed by atoms with Gasteiger partial charge in [0, 0.05) is 31.1 Å². The van der Waals surface area contributed by atoms with Crippen LogP contribution in [0.25, 0.3) is 0 Å². The van der Waals surface area contributed by atoms with Crippen molar-refractivity contribution >= 4 is 35.6 Å². The lowest BCUT2D eigenvalue weighted by Gasteiger charge is -2.38. The van der Waals surface area contributed by atoms with Crippen molar-refractivity contribution in [3.8, 4) is 5.40 Å². The molecule has 42 heavy (non-hydrogen) atoms. The Morgan fingerprint density at radius 2 is 1.29 bits per heavy atom. The minimum absolute atomic E-state index is 0.0445. The van der Waals surface area contributed by atoms with Gasteiger partial charge in [0.05, 0.1) is 6.61 Å². The predicted molar refractivity (Wildman–Crippen MR) is 160 cm³/mol. The van der Waals surface area contributed by atoms with Gasteiger partial charge < -0.3 is 19.3 Å². The molecule has 0 aliphatic heterocycles. The molecule has 4 fully saturated rings. The SMILES string of the molecule is CC(=O)O.CC(=O)OCCCCC(=O)O[C@H]1C[C@H]2CC[C@@]1(C)C2(C)C.CC1(C)[C@@H]2CC[C@]1(C)C(OC(=O)CSC#N)C2. The van der Waals surface area contributed by atoms with E-state index in [-0.39, 0.29) is 57.5 Å². The number of carboxylic acids is 1. The molecule has 4 aliphatic rings. The Balaban J connectivity index is 0.000000265. The molecule has 238 valence electrons. The summed E-state index contributed by atoms with van der Waals surface area (Å²) in [5.74, 6) is 0.0557. The number of esters is 3. The molecule has 1 N–H and O–H groups in total. The van der Waals surface area contributed by atoms with Gasteiger partial charge in [0.15, 0.2) is 0 Å². The molecule has 1 unspecified atom stereocenters. The number of aliphatic carboxylic acids is 1. The molecule has 0 spiro atoms. The van der Waals surface area contributed by atoms with Crippen LogP contribution in [0.4, 0.5) is 0 Å². The van der Waals surface area contributed by atoms with Crippen molar-refractivity contribution in [2.24, 2.45) is 33.5 Å². The van der Waals surface area contributed by atoms with Crippen molar-refractivity contribution in [3.63, 3.8) is 0 Å². The van der Waals surface area contributed by atoms with Crippen LogP contribution in [0.1, 0.15) is 113 Å². The third-order valence-corrected chi connectivity index (χ3v) is 11.8. The highest BCUT2D eigenvalue weighted by Crippen LogP contribution is 2.67. The van der Waals surface area contributed by atoms with E-state index in [1.807, 2.05) is 5.40 Å². The lowest BCUT2D eigenvalue weighted by Crippen LogP contribution is -2.38. The Labute approximate surface area is 255 Å². The number of ether oxygens (including phenoxy) is 3. The predicted octanol–water partition coefficient (Wildman–Crippen LogP) is 6.53. The Morgan fingerprint density at radius 3 is 1.64 bits per heavy atom. The number of hydrogen-bond acceptors (Lipinski definition) is 9. The maximum Gasteiger partial charge on any atom is 0.317 e. The fourth-order valence-corrected chi connectivity index (χ4v) is 7.96. The summed E-state index contributed by atoms with van der Waals surface area (Å²) >= 11 is 0.949. The molecule has 0 aromatic carbocycles. The highest BCUT2D eigenvalue weighted by Gasteiger charge is 2.63. The summed E-state index contributed by atoms with van der Waals surface area (Å²) in [5.41, 5.74) is 0.781.